The highest BCUT2D eigenvalue weighted by Crippen LogP contribution is 2.21. The zero-order valence-electron chi connectivity index (χ0n) is 16.7. The Labute approximate surface area is 169 Å². The number of rotatable bonds is 6. The molecule has 1 N–H and O–H groups in total. The van der Waals surface area contributed by atoms with E-state index < -0.39 is 0 Å². The molecule has 0 aromatic carbocycles. The molecule has 1 saturated heterocycles. The molecule has 0 aliphatic carbocycles. The molecule has 4 heterocycles. The van der Waals surface area contributed by atoms with Crippen molar-refractivity contribution in [3.8, 4) is 5.82 Å². The third-order valence-corrected chi connectivity index (χ3v) is 5.13. The zero-order valence-corrected chi connectivity index (χ0v) is 16.7. The highest BCUT2D eigenvalue weighted by molar-refractivity contribution is 5.79. The molecule has 0 saturated carbocycles. The number of anilines is 1. The van der Waals surface area contributed by atoms with Gasteiger partial charge in [0.25, 0.3) is 0 Å². The van der Waals surface area contributed by atoms with Crippen LogP contribution in [0.15, 0.2) is 30.9 Å². The molecule has 0 bridgehead atoms. The van der Waals surface area contributed by atoms with E-state index in [-0.39, 0.29) is 11.8 Å². The lowest BCUT2D eigenvalue weighted by Gasteiger charge is -2.32. The van der Waals surface area contributed by atoms with Gasteiger partial charge in [0, 0.05) is 25.3 Å². The van der Waals surface area contributed by atoms with Gasteiger partial charge in [0.2, 0.25) is 5.91 Å². The standard InChI is InChI=1S/C19H25N9O/c1-14-10-15(2)27(25-14)9-7-21-19(29)16-4-3-8-26(11-16)17-5-6-18(24-23-17)28-13-20-12-22-28/h5-6,10,12-13,16H,3-4,7-9,11H2,1-2H3,(H,21,29). The van der Waals surface area contributed by atoms with Gasteiger partial charge >= 0.3 is 0 Å². The first kappa shape index (κ1) is 19.0. The molecule has 4 rings (SSSR count). The van der Waals surface area contributed by atoms with E-state index in [0.717, 1.165) is 36.6 Å². The molecule has 1 atom stereocenters. The molecule has 3 aromatic rings. The Morgan fingerprint density at radius 1 is 1.24 bits per heavy atom. The molecular weight excluding hydrogens is 370 g/mol. The number of carbonyl (C=O) groups is 1. The van der Waals surface area contributed by atoms with Crippen LogP contribution in [0, 0.1) is 19.8 Å². The van der Waals surface area contributed by atoms with E-state index in [9.17, 15) is 4.79 Å². The normalized spacial score (nSPS) is 16.8. The fourth-order valence-electron chi connectivity index (χ4n) is 3.67. The molecule has 1 aliphatic rings. The minimum atomic E-state index is -0.0546. The maximum Gasteiger partial charge on any atom is 0.224 e. The van der Waals surface area contributed by atoms with Crippen molar-refractivity contribution < 1.29 is 4.79 Å². The van der Waals surface area contributed by atoms with Crippen molar-refractivity contribution in [3.63, 3.8) is 0 Å². The van der Waals surface area contributed by atoms with Gasteiger partial charge in [-0.15, -0.1) is 10.2 Å². The summed E-state index contributed by atoms with van der Waals surface area (Å²) in [6.07, 6.45) is 4.87. The second-order valence-corrected chi connectivity index (χ2v) is 7.32. The zero-order chi connectivity index (χ0) is 20.2. The largest absolute Gasteiger partial charge is 0.354 e. The second-order valence-electron chi connectivity index (χ2n) is 7.32. The van der Waals surface area contributed by atoms with E-state index in [1.165, 1.54) is 6.33 Å². The Balaban J connectivity index is 1.31. The Bertz CT molecular complexity index is 949. The third-order valence-electron chi connectivity index (χ3n) is 5.13. The Morgan fingerprint density at radius 3 is 2.76 bits per heavy atom. The number of piperidine rings is 1. The van der Waals surface area contributed by atoms with E-state index in [2.05, 4.69) is 35.6 Å². The van der Waals surface area contributed by atoms with E-state index in [1.807, 2.05) is 36.7 Å². The summed E-state index contributed by atoms with van der Waals surface area (Å²) in [4.78, 5) is 18.7. The number of nitrogens with one attached hydrogen (secondary N) is 1. The SMILES string of the molecule is Cc1cc(C)n(CCNC(=O)C2CCCN(c3ccc(-n4cncn4)nn3)C2)n1. The van der Waals surface area contributed by atoms with Crippen LogP contribution in [0.5, 0.6) is 0 Å². The van der Waals surface area contributed by atoms with Crippen molar-refractivity contribution in [2.75, 3.05) is 24.5 Å². The Kier molecular flexibility index (Phi) is 5.50. The van der Waals surface area contributed by atoms with Crippen LogP contribution in [0.3, 0.4) is 0 Å². The van der Waals surface area contributed by atoms with E-state index >= 15 is 0 Å². The summed E-state index contributed by atoms with van der Waals surface area (Å²) in [5.41, 5.74) is 2.10. The minimum Gasteiger partial charge on any atom is -0.354 e. The number of nitrogens with zero attached hydrogens (tertiary/aromatic N) is 8. The van der Waals surface area contributed by atoms with Gasteiger partial charge in [0.05, 0.1) is 18.2 Å². The summed E-state index contributed by atoms with van der Waals surface area (Å²) < 4.78 is 3.49. The first-order valence-electron chi connectivity index (χ1n) is 9.82. The molecule has 1 fully saturated rings. The van der Waals surface area contributed by atoms with Crippen molar-refractivity contribution in [1.29, 1.82) is 0 Å². The lowest BCUT2D eigenvalue weighted by molar-refractivity contribution is -0.125. The second kappa shape index (κ2) is 8.38. The summed E-state index contributed by atoms with van der Waals surface area (Å²) in [5.74, 6) is 1.42. The molecule has 3 aromatic heterocycles. The van der Waals surface area contributed by atoms with E-state index in [4.69, 9.17) is 0 Å². The monoisotopic (exact) mass is 395 g/mol. The summed E-state index contributed by atoms with van der Waals surface area (Å²) in [5, 5.41) is 20.1. The molecule has 1 amide bonds. The van der Waals surface area contributed by atoms with Crippen LogP contribution < -0.4 is 10.2 Å². The van der Waals surface area contributed by atoms with Crippen LogP contribution in [0.25, 0.3) is 5.82 Å². The molecule has 29 heavy (non-hydrogen) atoms. The summed E-state index contributed by atoms with van der Waals surface area (Å²) in [6.45, 7) is 6.76. The fraction of sp³-hybridized carbons (Fsp3) is 0.474. The summed E-state index contributed by atoms with van der Waals surface area (Å²) >= 11 is 0. The number of hydrogen-bond donors (Lipinski definition) is 1. The summed E-state index contributed by atoms with van der Waals surface area (Å²) in [7, 11) is 0. The smallest absolute Gasteiger partial charge is 0.224 e. The van der Waals surface area contributed by atoms with Crippen LogP contribution in [0.2, 0.25) is 0 Å². The average molecular weight is 395 g/mol. The van der Waals surface area contributed by atoms with Crippen molar-refractivity contribution in [2.45, 2.75) is 33.2 Å². The maximum absolute atomic E-state index is 12.6. The van der Waals surface area contributed by atoms with Crippen molar-refractivity contribution in [1.82, 2.24) is 40.1 Å². The van der Waals surface area contributed by atoms with Crippen LogP contribution in [0.1, 0.15) is 24.2 Å². The number of carbonyl (C=O) groups excluding carboxylic acids is 1. The van der Waals surface area contributed by atoms with Crippen molar-refractivity contribution in [2.24, 2.45) is 5.92 Å². The maximum atomic E-state index is 12.6. The van der Waals surface area contributed by atoms with Crippen LogP contribution in [-0.4, -0.2) is 60.3 Å². The highest BCUT2D eigenvalue weighted by atomic mass is 16.1. The molecule has 10 nitrogen and oxygen atoms in total. The first-order chi connectivity index (χ1) is 14.1. The predicted octanol–water partition coefficient (Wildman–Crippen LogP) is 0.903. The van der Waals surface area contributed by atoms with Crippen LogP contribution in [-0.2, 0) is 11.3 Å². The van der Waals surface area contributed by atoms with Gasteiger partial charge in [-0.2, -0.15) is 10.2 Å². The van der Waals surface area contributed by atoms with E-state index in [0.29, 0.717) is 25.5 Å². The van der Waals surface area contributed by atoms with Crippen molar-refractivity contribution in [3.05, 3.63) is 42.2 Å². The Hall–Kier alpha value is -3.30. The molecule has 0 radical (unpaired) electrons. The molecule has 0 spiro atoms. The number of hydrogen-bond acceptors (Lipinski definition) is 7. The lowest BCUT2D eigenvalue weighted by atomic mass is 9.97. The Morgan fingerprint density at radius 2 is 2.07 bits per heavy atom. The van der Waals surface area contributed by atoms with Gasteiger partial charge in [-0.25, -0.2) is 9.67 Å². The quantitative estimate of drug-likeness (QED) is 0.661. The topological polar surface area (TPSA) is 107 Å². The van der Waals surface area contributed by atoms with E-state index in [1.54, 1.807) is 11.0 Å². The van der Waals surface area contributed by atoms with Gasteiger partial charge in [-0.3, -0.25) is 9.48 Å². The van der Waals surface area contributed by atoms with Crippen molar-refractivity contribution >= 4 is 11.7 Å². The van der Waals surface area contributed by atoms with Gasteiger partial charge < -0.3 is 10.2 Å². The molecule has 152 valence electrons. The molecule has 1 aliphatic heterocycles. The van der Waals surface area contributed by atoms with Crippen LogP contribution in [0.4, 0.5) is 5.82 Å². The average Bonchev–Trinajstić information content (AvgIpc) is 3.38. The number of amides is 1. The predicted molar refractivity (Wildman–Crippen MR) is 107 cm³/mol. The highest BCUT2D eigenvalue weighted by Gasteiger charge is 2.26. The molecule has 1 unspecified atom stereocenters. The minimum absolute atomic E-state index is 0.0546. The molecular formula is C19H25N9O. The first-order valence-corrected chi connectivity index (χ1v) is 9.82. The lowest BCUT2D eigenvalue weighted by Crippen LogP contribution is -2.44. The number of aryl methyl sites for hydroxylation is 2. The van der Waals surface area contributed by atoms with Gasteiger partial charge in [-0.05, 0) is 44.9 Å². The third kappa shape index (κ3) is 4.41. The van der Waals surface area contributed by atoms with Gasteiger partial charge in [-0.1, -0.05) is 0 Å². The van der Waals surface area contributed by atoms with Gasteiger partial charge in [0.15, 0.2) is 11.6 Å². The number of aromatic nitrogens is 7. The van der Waals surface area contributed by atoms with Gasteiger partial charge in [0.1, 0.15) is 12.7 Å². The summed E-state index contributed by atoms with van der Waals surface area (Å²) in [6, 6.07) is 5.80. The fourth-order valence-corrected chi connectivity index (χ4v) is 3.67. The molecule has 10 heteroatoms. The van der Waals surface area contributed by atoms with Crippen LogP contribution >= 0.6 is 0 Å².